The van der Waals surface area contributed by atoms with Crippen molar-refractivity contribution in [3.63, 3.8) is 0 Å². The fourth-order valence-electron chi connectivity index (χ4n) is 2.08. The van der Waals surface area contributed by atoms with Crippen molar-refractivity contribution in [1.82, 2.24) is 4.98 Å². The van der Waals surface area contributed by atoms with Crippen LogP contribution >= 0.6 is 11.8 Å². The van der Waals surface area contributed by atoms with Crippen molar-refractivity contribution in [2.75, 3.05) is 25.1 Å². The van der Waals surface area contributed by atoms with E-state index in [2.05, 4.69) is 29.4 Å². The van der Waals surface area contributed by atoms with Crippen LogP contribution in [0.25, 0.3) is 0 Å². The molecule has 0 saturated heterocycles. The van der Waals surface area contributed by atoms with Gasteiger partial charge in [-0.2, -0.15) is 0 Å². The number of anilines is 1. The number of fused-ring (bicyclic) bond motifs is 1. The normalized spacial score (nSPS) is 13.0. The van der Waals surface area contributed by atoms with Crippen molar-refractivity contribution in [2.45, 2.75) is 17.6 Å². The first-order valence-electron chi connectivity index (χ1n) is 7.06. The molecule has 0 radical (unpaired) electrons. The van der Waals surface area contributed by atoms with Gasteiger partial charge in [-0.3, -0.25) is 0 Å². The van der Waals surface area contributed by atoms with Gasteiger partial charge >= 0.3 is 0 Å². The van der Waals surface area contributed by atoms with Crippen LogP contribution in [0.15, 0.2) is 41.4 Å². The van der Waals surface area contributed by atoms with Crippen molar-refractivity contribution in [3.8, 4) is 11.5 Å². The summed E-state index contributed by atoms with van der Waals surface area (Å²) in [4.78, 5) is 5.56. The molecule has 21 heavy (non-hydrogen) atoms. The molecule has 0 fully saturated rings. The summed E-state index contributed by atoms with van der Waals surface area (Å²) in [6, 6.07) is 10.2. The fourth-order valence-corrected chi connectivity index (χ4v) is 2.93. The van der Waals surface area contributed by atoms with E-state index in [0.29, 0.717) is 13.2 Å². The summed E-state index contributed by atoms with van der Waals surface area (Å²) in [5, 5.41) is 3.19. The molecule has 3 rings (SSSR count). The minimum atomic E-state index is 0.622. The second-order valence-corrected chi connectivity index (χ2v) is 5.72. The number of nitrogens with one attached hydrogen (secondary N) is 1. The maximum Gasteiger partial charge on any atom is 0.162 e. The highest BCUT2D eigenvalue weighted by molar-refractivity contribution is 7.98. The lowest BCUT2D eigenvalue weighted by molar-refractivity contribution is 0.171. The Kier molecular flexibility index (Phi) is 4.50. The third kappa shape index (κ3) is 3.61. The van der Waals surface area contributed by atoms with E-state index in [1.54, 1.807) is 11.8 Å². The van der Waals surface area contributed by atoms with Crippen LogP contribution in [0.4, 0.5) is 5.82 Å². The molecule has 2 heterocycles. The van der Waals surface area contributed by atoms with Gasteiger partial charge in [0.1, 0.15) is 19.0 Å². The molecule has 0 unspecified atom stereocenters. The number of hydrogen-bond donors (Lipinski definition) is 1. The Morgan fingerprint density at radius 1 is 1.14 bits per heavy atom. The molecule has 0 atom stereocenters. The lowest BCUT2D eigenvalue weighted by Gasteiger charge is -2.18. The van der Waals surface area contributed by atoms with Gasteiger partial charge in [0.25, 0.3) is 0 Å². The van der Waals surface area contributed by atoms with Crippen LogP contribution in [0.2, 0.25) is 0 Å². The first-order chi connectivity index (χ1) is 10.3. The van der Waals surface area contributed by atoms with Crippen LogP contribution in [-0.4, -0.2) is 24.7 Å². The molecule has 1 aliphatic heterocycles. The summed E-state index contributed by atoms with van der Waals surface area (Å²) in [5.74, 6) is 3.48. The van der Waals surface area contributed by atoms with Crippen molar-refractivity contribution in [2.24, 2.45) is 0 Å². The zero-order valence-electron chi connectivity index (χ0n) is 12.0. The Morgan fingerprint density at radius 3 is 2.76 bits per heavy atom. The van der Waals surface area contributed by atoms with Gasteiger partial charge in [0.2, 0.25) is 0 Å². The molecular weight excluding hydrogens is 284 g/mol. The summed E-state index contributed by atoms with van der Waals surface area (Å²) >= 11 is 1.77. The molecule has 1 aromatic heterocycles. The number of nitrogens with zero attached hydrogens (tertiary/aromatic N) is 1. The summed E-state index contributed by atoms with van der Waals surface area (Å²) in [6.45, 7) is 4.20. The lowest BCUT2D eigenvalue weighted by Crippen LogP contribution is -2.15. The van der Waals surface area contributed by atoms with E-state index in [0.717, 1.165) is 29.6 Å². The van der Waals surface area contributed by atoms with E-state index in [4.69, 9.17) is 9.47 Å². The summed E-state index contributed by atoms with van der Waals surface area (Å²) in [6.07, 6.45) is 1.92. The van der Waals surface area contributed by atoms with Crippen molar-refractivity contribution in [3.05, 3.63) is 42.1 Å². The average molecular weight is 302 g/mol. The van der Waals surface area contributed by atoms with E-state index in [-0.39, 0.29) is 0 Å². The fraction of sp³-hybridized carbons (Fsp3) is 0.312. The van der Waals surface area contributed by atoms with Gasteiger partial charge in [-0.15, -0.1) is 11.8 Å². The van der Waals surface area contributed by atoms with Crippen molar-refractivity contribution >= 4 is 17.6 Å². The summed E-state index contributed by atoms with van der Waals surface area (Å²) in [5.41, 5.74) is 1.21. The number of aromatic nitrogens is 1. The number of ether oxygens (including phenoxy) is 2. The molecule has 1 N–H and O–H groups in total. The zero-order valence-corrected chi connectivity index (χ0v) is 12.8. The van der Waals surface area contributed by atoms with Crippen molar-refractivity contribution < 1.29 is 9.47 Å². The topological polar surface area (TPSA) is 43.4 Å². The maximum atomic E-state index is 5.60. The van der Waals surface area contributed by atoms with E-state index in [1.807, 2.05) is 24.4 Å². The molecule has 0 saturated carbocycles. The van der Waals surface area contributed by atoms with Gasteiger partial charge in [-0.05, 0) is 36.8 Å². The number of benzene rings is 1. The largest absolute Gasteiger partial charge is 0.486 e. The molecule has 110 valence electrons. The SMILES string of the molecule is CCNc1ccc(CSc2ccc3c(c2)OCCO3)cn1. The molecule has 1 aliphatic rings. The monoisotopic (exact) mass is 302 g/mol. The van der Waals surface area contributed by atoms with E-state index in [1.165, 1.54) is 10.5 Å². The molecule has 0 spiro atoms. The van der Waals surface area contributed by atoms with E-state index >= 15 is 0 Å². The Hall–Kier alpha value is -1.88. The second kappa shape index (κ2) is 6.72. The first-order valence-corrected chi connectivity index (χ1v) is 8.05. The van der Waals surface area contributed by atoms with Crippen molar-refractivity contribution in [1.29, 1.82) is 0 Å². The van der Waals surface area contributed by atoms with E-state index in [9.17, 15) is 0 Å². The van der Waals surface area contributed by atoms with Gasteiger partial charge in [0, 0.05) is 23.4 Å². The van der Waals surface area contributed by atoms with Crippen LogP contribution in [0.3, 0.4) is 0 Å². The first kappa shape index (κ1) is 14.1. The number of rotatable bonds is 5. The Balaban J connectivity index is 1.61. The van der Waals surface area contributed by atoms with Crippen LogP contribution in [0.1, 0.15) is 12.5 Å². The highest BCUT2D eigenvalue weighted by atomic mass is 32.2. The minimum absolute atomic E-state index is 0.622. The molecule has 1 aromatic carbocycles. The molecule has 5 heteroatoms. The summed E-state index contributed by atoms with van der Waals surface area (Å²) in [7, 11) is 0. The molecular formula is C16H18N2O2S. The van der Waals surface area contributed by atoms with Gasteiger partial charge < -0.3 is 14.8 Å². The van der Waals surface area contributed by atoms with Crippen LogP contribution < -0.4 is 14.8 Å². The van der Waals surface area contributed by atoms with Gasteiger partial charge in [0.15, 0.2) is 11.5 Å². The Morgan fingerprint density at radius 2 is 2.00 bits per heavy atom. The highest BCUT2D eigenvalue weighted by Gasteiger charge is 2.11. The van der Waals surface area contributed by atoms with Gasteiger partial charge in [-0.25, -0.2) is 4.98 Å². The molecule has 2 aromatic rings. The Bertz CT molecular complexity index is 602. The van der Waals surface area contributed by atoms with Gasteiger partial charge in [0.05, 0.1) is 0 Å². The van der Waals surface area contributed by atoms with E-state index < -0.39 is 0 Å². The smallest absolute Gasteiger partial charge is 0.162 e. The molecule has 0 bridgehead atoms. The van der Waals surface area contributed by atoms with Crippen LogP contribution in [0, 0.1) is 0 Å². The van der Waals surface area contributed by atoms with Crippen LogP contribution in [0.5, 0.6) is 11.5 Å². The molecule has 0 aliphatic carbocycles. The predicted octanol–water partition coefficient (Wildman–Crippen LogP) is 3.58. The number of pyridine rings is 1. The molecule has 4 nitrogen and oxygen atoms in total. The summed E-state index contributed by atoms with van der Waals surface area (Å²) < 4.78 is 11.1. The average Bonchev–Trinajstić information content (AvgIpc) is 2.54. The number of hydrogen-bond acceptors (Lipinski definition) is 5. The lowest BCUT2D eigenvalue weighted by atomic mass is 10.3. The quantitative estimate of drug-likeness (QED) is 0.855. The Labute approximate surface area is 128 Å². The zero-order chi connectivity index (χ0) is 14.5. The predicted molar refractivity (Wildman–Crippen MR) is 85.4 cm³/mol. The second-order valence-electron chi connectivity index (χ2n) is 4.68. The maximum absolute atomic E-state index is 5.60. The third-order valence-electron chi connectivity index (χ3n) is 3.10. The third-order valence-corrected chi connectivity index (χ3v) is 4.17. The van der Waals surface area contributed by atoms with Crippen LogP contribution in [-0.2, 0) is 5.75 Å². The molecule has 0 amide bonds. The number of thioether (sulfide) groups is 1. The minimum Gasteiger partial charge on any atom is -0.486 e. The highest BCUT2D eigenvalue weighted by Crippen LogP contribution is 2.35. The standard InChI is InChI=1S/C16H18N2O2S/c1-2-17-16-6-3-12(10-18-16)11-21-13-4-5-14-15(9-13)20-8-7-19-14/h3-6,9-10H,2,7-8,11H2,1H3,(H,17,18). The van der Waals surface area contributed by atoms with Gasteiger partial charge in [-0.1, -0.05) is 6.07 Å².